The average molecular weight is 287 g/mol. The minimum atomic E-state index is -0.873. The van der Waals surface area contributed by atoms with Gasteiger partial charge in [-0.2, -0.15) is 0 Å². The van der Waals surface area contributed by atoms with E-state index in [0.29, 0.717) is 12.2 Å². The second-order valence-electron chi connectivity index (χ2n) is 5.54. The zero-order valence-corrected chi connectivity index (χ0v) is 12.9. The molecule has 1 aliphatic rings. The fraction of sp³-hybridized carbons (Fsp3) is 0.857. The van der Waals surface area contributed by atoms with Crippen LogP contribution in [0.15, 0.2) is 0 Å². The molecule has 0 aromatic heterocycles. The molecule has 110 valence electrons. The maximum atomic E-state index is 12.3. The zero-order chi connectivity index (χ0) is 14.4. The molecule has 0 radical (unpaired) electrons. The Morgan fingerprint density at radius 1 is 1.37 bits per heavy atom. The zero-order valence-electron chi connectivity index (χ0n) is 12.1. The first-order valence-corrected chi connectivity index (χ1v) is 8.17. The minimum absolute atomic E-state index is 0.00565. The van der Waals surface area contributed by atoms with Crippen LogP contribution in [0.25, 0.3) is 0 Å². The van der Waals surface area contributed by atoms with Crippen molar-refractivity contribution in [3.8, 4) is 0 Å². The number of nitrogens with zero attached hydrogens (tertiary/aromatic N) is 1. The minimum Gasteiger partial charge on any atom is -0.480 e. The third kappa shape index (κ3) is 4.71. The van der Waals surface area contributed by atoms with Crippen LogP contribution in [0, 0.1) is 5.92 Å². The van der Waals surface area contributed by atoms with Crippen LogP contribution in [-0.4, -0.2) is 39.1 Å². The van der Waals surface area contributed by atoms with E-state index in [2.05, 4.69) is 6.92 Å². The standard InChI is InChI=1S/C14H25NO3S/c1-4-5-6-7-13-15(12(16)8-10(2)3)11(9-19-13)14(17)18/h10-11,13H,4-9H2,1-3H3,(H,17,18). The number of aliphatic carboxylic acids is 1. The second-order valence-corrected chi connectivity index (χ2v) is 6.75. The number of carbonyl (C=O) groups is 2. The van der Waals surface area contributed by atoms with Crippen LogP contribution >= 0.6 is 11.8 Å². The van der Waals surface area contributed by atoms with E-state index >= 15 is 0 Å². The quantitative estimate of drug-likeness (QED) is 0.731. The molecule has 0 saturated carbocycles. The van der Waals surface area contributed by atoms with E-state index in [9.17, 15) is 14.7 Å². The third-order valence-corrected chi connectivity index (χ3v) is 4.66. The maximum Gasteiger partial charge on any atom is 0.327 e. The van der Waals surface area contributed by atoms with Gasteiger partial charge in [0.2, 0.25) is 5.91 Å². The van der Waals surface area contributed by atoms with Crippen molar-refractivity contribution >= 4 is 23.6 Å². The highest BCUT2D eigenvalue weighted by atomic mass is 32.2. The lowest BCUT2D eigenvalue weighted by Gasteiger charge is -2.28. The Morgan fingerprint density at radius 3 is 2.58 bits per heavy atom. The van der Waals surface area contributed by atoms with Crippen LogP contribution in [0.1, 0.15) is 52.9 Å². The van der Waals surface area contributed by atoms with E-state index in [1.165, 1.54) is 0 Å². The number of carboxylic acids is 1. The van der Waals surface area contributed by atoms with Gasteiger partial charge in [0.25, 0.3) is 0 Å². The molecule has 0 bridgehead atoms. The first kappa shape index (κ1) is 16.3. The SMILES string of the molecule is CCCCCC1SCC(C(=O)O)N1C(=O)CC(C)C. The van der Waals surface area contributed by atoms with Crippen LogP contribution in [-0.2, 0) is 9.59 Å². The Labute approximate surface area is 119 Å². The number of carboxylic acid groups (broad SMARTS) is 1. The second kappa shape index (κ2) is 7.78. The van der Waals surface area contributed by atoms with Gasteiger partial charge in [0.15, 0.2) is 0 Å². The van der Waals surface area contributed by atoms with Crippen molar-refractivity contribution in [3.63, 3.8) is 0 Å². The maximum absolute atomic E-state index is 12.3. The summed E-state index contributed by atoms with van der Waals surface area (Å²) in [6.07, 6.45) is 4.69. The summed E-state index contributed by atoms with van der Waals surface area (Å²) >= 11 is 1.62. The van der Waals surface area contributed by atoms with Crippen LogP contribution < -0.4 is 0 Å². The van der Waals surface area contributed by atoms with Crippen LogP contribution in [0.2, 0.25) is 0 Å². The van der Waals surface area contributed by atoms with E-state index < -0.39 is 12.0 Å². The molecule has 19 heavy (non-hydrogen) atoms. The van der Waals surface area contributed by atoms with Gasteiger partial charge in [-0.25, -0.2) is 4.79 Å². The van der Waals surface area contributed by atoms with E-state index in [1.807, 2.05) is 13.8 Å². The van der Waals surface area contributed by atoms with Crippen LogP contribution in [0.5, 0.6) is 0 Å². The van der Waals surface area contributed by atoms with Crippen LogP contribution in [0.4, 0.5) is 0 Å². The number of amides is 1. The molecular formula is C14H25NO3S. The fourth-order valence-electron chi connectivity index (χ4n) is 2.33. The Hall–Kier alpha value is -0.710. The largest absolute Gasteiger partial charge is 0.480 e. The van der Waals surface area contributed by atoms with E-state index in [-0.39, 0.29) is 17.2 Å². The Kier molecular flexibility index (Phi) is 6.69. The number of thioether (sulfide) groups is 1. The van der Waals surface area contributed by atoms with E-state index in [4.69, 9.17) is 0 Å². The molecule has 1 aliphatic heterocycles. The molecule has 0 aromatic rings. The summed E-state index contributed by atoms with van der Waals surface area (Å²) in [6, 6.07) is -0.636. The average Bonchev–Trinajstić information content (AvgIpc) is 2.72. The van der Waals surface area contributed by atoms with Crippen molar-refractivity contribution in [3.05, 3.63) is 0 Å². The molecule has 1 heterocycles. The number of rotatable bonds is 7. The summed E-state index contributed by atoms with van der Waals surface area (Å²) in [6.45, 7) is 6.12. The van der Waals surface area contributed by atoms with Crippen molar-refractivity contribution in [2.45, 2.75) is 64.3 Å². The first-order valence-electron chi connectivity index (χ1n) is 7.13. The van der Waals surface area contributed by atoms with Gasteiger partial charge in [-0.3, -0.25) is 4.79 Å². The lowest BCUT2D eigenvalue weighted by Crippen LogP contribution is -2.45. The summed E-state index contributed by atoms with van der Waals surface area (Å²) < 4.78 is 0. The van der Waals surface area contributed by atoms with Crippen LogP contribution in [0.3, 0.4) is 0 Å². The fourth-order valence-corrected chi connectivity index (χ4v) is 3.80. The summed E-state index contributed by atoms with van der Waals surface area (Å²) in [4.78, 5) is 25.2. The predicted molar refractivity (Wildman–Crippen MR) is 78.1 cm³/mol. The molecule has 1 rings (SSSR count). The molecule has 0 aliphatic carbocycles. The van der Waals surface area contributed by atoms with Gasteiger partial charge in [0, 0.05) is 12.2 Å². The topological polar surface area (TPSA) is 57.6 Å². The summed E-state index contributed by atoms with van der Waals surface area (Å²) in [5.74, 6) is -0.0870. The van der Waals surface area contributed by atoms with Crippen molar-refractivity contribution in [2.75, 3.05) is 5.75 Å². The summed E-state index contributed by atoms with van der Waals surface area (Å²) in [5, 5.41) is 9.30. The highest BCUT2D eigenvalue weighted by Crippen LogP contribution is 2.33. The van der Waals surface area contributed by atoms with Gasteiger partial charge in [-0.05, 0) is 12.3 Å². The van der Waals surface area contributed by atoms with E-state index in [0.717, 1.165) is 25.7 Å². The predicted octanol–water partition coefficient (Wildman–Crippen LogP) is 2.97. The van der Waals surface area contributed by atoms with Crippen molar-refractivity contribution in [1.29, 1.82) is 0 Å². The summed E-state index contributed by atoms with van der Waals surface area (Å²) in [7, 11) is 0. The molecule has 2 unspecified atom stereocenters. The Balaban J connectivity index is 2.69. The molecule has 1 amide bonds. The third-order valence-electron chi connectivity index (χ3n) is 3.30. The number of carbonyl (C=O) groups excluding carboxylic acids is 1. The lowest BCUT2D eigenvalue weighted by molar-refractivity contribution is -0.149. The van der Waals surface area contributed by atoms with Gasteiger partial charge < -0.3 is 10.0 Å². The van der Waals surface area contributed by atoms with Gasteiger partial charge >= 0.3 is 5.97 Å². The molecule has 4 nitrogen and oxygen atoms in total. The van der Waals surface area contributed by atoms with Gasteiger partial charge in [-0.15, -0.1) is 11.8 Å². The molecule has 0 spiro atoms. The number of hydrogen-bond acceptors (Lipinski definition) is 3. The van der Waals surface area contributed by atoms with Crippen molar-refractivity contribution in [1.82, 2.24) is 4.90 Å². The number of unbranched alkanes of at least 4 members (excludes halogenated alkanes) is 2. The van der Waals surface area contributed by atoms with Crippen molar-refractivity contribution < 1.29 is 14.7 Å². The molecule has 0 aromatic carbocycles. The number of hydrogen-bond donors (Lipinski definition) is 1. The van der Waals surface area contributed by atoms with Crippen molar-refractivity contribution in [2.24, 2.45) is 5.92 Å². The monoisotopic (exact) mass is 287 g/mol. The molecule has 1 N–H and O–H groups in total. The smallest absolute Gasteiger partial charge is 0.327 e. The molecule has 5 heteroatoms. The lowest BCUT2D eigenvalue weighted by atomic mass is 10.1. The molecular weight excluding hydrogens is 262 g/mol. The molecule has 2 atom stereocenters. The Morgan fingerprint density at radius 2 is 2.05 bits per heavy atom. The highest BCUT2D eigenvalue weighted by Gasteiger charge is 2.40. The highest BCUT2D eigenvalue weighted by molar-refractivity contribution is 8.00. The van der Waals surface area contributed by atoms with Gasteiger partial charge in [-0.1, -0.05) is 40.0 Å². The Bertz CT molecular complexity index is 320. The van der Waals surface area contributed by atoms with Gasteiger partial charge in [0.1, 0.15) is 6.04 Å². The van der Waals surface area contributed by atoms with Gasteiger partial charge in [0.05, 0.1) is 5.37 Å². The normalized spacial score (nSPS) is 23.1. The summed E-state index contributed by atoms with van der Waals surface area (Å²) in [5.41, 5.74) is 0. The molecule has 1 fully saturated rings. The molecule has 1 saturated heterocycles. The van der Waals surface area contributed by atoms with E-state index in [1.54, 1.807) is 16.7 Å². The first-order chi connectivity index (χ1) is 8.97.